The Labute approximate surface area is 216 Å². The molecular formula is C28H41N3O4S. The standard InChI is InChI=1S/C28H41N3O4S/c1-20(2)18-29-28(33)24(6)30(19-25-12-9-8-11-22(25)4)27(32)13-10-16-31(36(7,34)35)26-15-14-21(3)23(5)17-26/h8-9,11-12,14-15,17,20,24H,10,13,16,18-19H2,1-7H3,(H,29,33)/t24-/m1/s1. The fraction of sp³-hybridized carbons (Fsp3) is 0.500. The summed E-state index contributed by atoms with van der Waals surface area (Å²) in [5, 5.41) is 2.92. The van der Waals surface area contributed by atoms with Gasteiger partial charge < -0.3 is 10.2 Å². The molecule has 2 aromatic carbocycles. The van der Waals surface area contributed by atoms with E-state index in [1.54, 1.807) is 17.9 Å². The predicted octanol–water partition coefficient (Wildman–Crippen LogP) is 4.35. The topological polar surface area (TPSA) is 86.8 Å². The van der Waals surface area contributed by atoms with Crippen LogP contribution in [-0.2, 0) is 26.2 Å². The van der Waals surface area contributed by atoms with E-state index in [-0.39, 0.29) is 24.8 Å². The Morgan fingerprint density at radius 2 is 1.61 bits per heavy atom. The molecule has 0 aliphatic rings. The van der Waals surface area contributed by atoms with Gasteiger partial charge in [0.1, 0.15) is 6.04 Å². The lowest BCUT2D eigenvalue weighted by molar-refractivity contribution is -0.140. The first-order chi connectivity index (χ1) is 16.8. The number of rotatable bonds is 12. The van der Waals surface area contributed by atoms with Crippen molar-refractivity contribution in [1.29, 1.82) is 0 Å². The smallest absolute Gasteiger partial charge is 0.242 e. The van der Waals surface area contributed by atoms with Gasteiger partial charge in [-0.2, -0.15) is 0 Å². The van der Waals surface area contributed by atoms with Gasteiger partial charge in [-0.3, -0.25) is 13.9 Å². The molecule has 2 amide bonds. The van der Waals surface area contributed by atoms with Gasteiger partial charge in [-0.15, -0.1) is 0 Å². The summed E-state index contributed by atoms with van der Waals surface area (Å²) in [5.74, 6) is -0.0772. The van der Waals surface area contributed by atoms with Crippen molar-refractivity contribution < 1.29 is 18.0 Å². The normalized spacial score (nSPS) is 12.3. The molecule has 0 fully saturated rings. The number of sulfonamides is 1. The number of amides is 2. The third-order valence-corrected chi connectivity index (χ3v) is 7.58. The van der Waals surface area contributed by atoms with Crippen molar-refractivity contribution in [3.05, 3.63) is 64.7 Å². The van der Waals surface area contributed by atoms with E-state index in [9.17, 15) is 18.0 Å². The average molecular weight is 516 g/mol. The van der Waals surface area contributed by atoms with Gasteiger partial charge in [-0.05, 0) is 74.4 Å². The summed E-state index contributed by atoms with van der Waals surface area (Å²) < 4.78 is 26.4. The van der Waals surface area contributed by atoms with Crippen LogP contribution >= 0.6 is 0 Å². The van der Waals surface area contributed by atoms with Crippen LogP contribution in [0.5, 0.6) is 0 Å². The van der Waals surface area contributed by atoms with Crippen molar-refractivity contribution in [1.82, 2.24) is 10.2 Å². The number of aryl methyl sites for hydroxylation is 3. The molecule has 198 valence electrons. The lowest BCUT2D eigenvalue weighted by Gasteiger charge is -2.30. The maximum absolute atomic E-state index is 13.4. The van der Waals surface area contributed by atoms with E-state index in [4.69, 9.17) is 0 Å². The van der Waals surface area contributed by atoms with E-state index < -0.39 is 16.1 Å². The number of hydrogen-bond donors (Lipinski definition) is 1. The number of nitrogens with zero attached hydrogens (tertiary/aromatic N) is 2. The maximum atomic E-state index is 13.4. The minimum Gasteiger partial charge on any atom is -0.354 e. The second-order valence-electron chi connectivity index (χ2n) is 9.97. The second-order valence-corrected chi connectivity index (χ2v) is 11.9. The molecule has 0 bridgehead atoms. The van der Waals surface area contributed by atoms with Gasteiger partial charge in [0.2, 0.25) is 21.8 Å². The molecule has 0 aliphatic heterocycles. The van der Waals surface area contributed by atoms with Crippen LogP contribution in [0.4, 0.5) is 5.69 Å². The van der Waals surface area contributed by atoms with Crippen LogP contribution in [0, 0.1) is 26.7 Å². The van der Waals surface area contributed by atoms with Crippen molar-refractivity contribution in [3.8, 4) is 0 Å². The molecule has 0 aliphatic carbocycles. The minimum atomic E-state index is -3.52. The van der Waals surface area contributed by atoms with E-state index in [0.717, 1.165) is 22.3 Å². The Morgan fingerprint density at radius 3 is 2.19 bits per heavy atom. The summed E-state index contributed by atoms with van der Waals surface area (Å²) in [6, 6.07) is 12.7. The highest BCUT2D eigenvalue weighted by atomic mass is 32.2. The fourth-order valence-electron chi connectivity index (χ4n) is 3.89. The van der Waals surface area contributed by atoms with E-state index in [1.165, 1.54) is 10.6 Å². The van der Waals surface area contributed by atoms with Crippen LogP contribution in [0.1, 0.15) is 55.9 Å². The highest BCUT2D eigenvalue weighted by molar-refractivity contribution is 7.92. The number of benzene rings is 2. The molecule has 0 unspecified atom stereocenters. The third-order valence-electron chi connectivity index (χ3n) is 6.38. The van der Waals surface area contributed by atoms with Crippen LogP contribution < -0.4 is 9.62 Å². The van der Waals surface area contributed by atoms with E-state index in [1.807, 2.05) is 71.0 Å². The zero-order valence-corrected chi connectivity index (χ0v) is 23.5. The van der Waals surface area contributed by atoms with E-state index >= 15 is 0 Å². The quantitative estimate of drug-likeness (QED) is 0.455. The second kappa shape index (κ2) is 12.9. The highest BCUT2D eigenvalue weighted by Gasteiger charge is 2.27. The molecule has 2 aromatic rings. The molecule has 0 radical (unpaired) electrons. The lowest BCUT2D eigenvalue weighted by Crippen LogP contribution is -2.48. The van der Waals surface area contributed by atoms with Gasteiger partial charge in [-0.1, -0.05) is 44.2 Å². The molecule has 36 heavy (non-hydrogen) atoms. The van der Waals surface area contributed by atoms with Gasteiger partial charge in [0.15, 0.2) is 0 Å². The zero-order chi connectivity index (χ0) is 27.0. The molecule has 1 N–H and O–H groups in total. The largest absolute Gasteiger partial charge is 0.354 e. The summed E-state index contributed by atoms with van der Waals surface area (Å²) in [4.78, 5) is 27.8. The molecule has 1 atom stereocenters. The van der Waals surface area contributed by atoms with Crippen molar-refractivity contribution in [2.45, 2.75) is 67.0 Å². The summed E-state index contributed by atoms with van der Waals surface area (Å²) >= 11 is 0. The van der Waals surface area contributed by atoms with Crippen molar-refractivity contribution in [2.75, 3.05) is 23.7 Å². The first kappa shape index (κ1) is 29.4. The number of nitrogens with one attached hydrogen (secondary N) is 1. The first-order valence-corrected chi connectivity index (χ1v) is 14.3. The fourth-order valence-corrected chi connectivity index (χ4v) is 4.85. The molecule has 0 heterocycles. The summed E-state index contributed by atoms with van der Waals surface area (Å²) in [6.45, 7) is 12.7. The van der Waals surface area contributed by atoms with Crippen molar-refractivity contribution in [2.24, 2.45) is 5.92 Å². The average Bonchev–Trinajstić information content (AvgIpc) is 2.80. The summed E-state index contributed by atoms with van der Waals surface area (Å²) in [6.07, 6.45) is 1.64. The number of hydrogen-bond acceptors (Lipinski definition) is 4. The number of carbonyl (C=O) groups is 2. The van der Waals surface area contributed by atoms with E-state index in [0.29, 0.717) is 31.1 Å². The van der Waals surface area contributed by atoms with Crippen LogP contribution in [-0.4, -0.2) is 50.5 Å². The third kappa shape index (κ3) is 8.36. The molecular weight excluding hydrogens is 474 g/mol. The predicted molar refractivity (Wildman–Crippen MR) is 146 cm³/mol. The van der Waals surface area contributed by atoms with Crippen LogP contribution in [0.3, 0.4) is 0 Å². The molecule has 0 saturated carbocycles. The Morgan fingerprint density at radius 1 is 0.944 bits per heavy atom. The minimum absolute atomic E-state index is 0.130. The first-order valence-electron chi connectivity index (χ1n) is 12.5. The van der Waals surface area contributed by atoms with Gasteiger partial charge in [-0.25, -0.2) is 8.42 Å². The van der Waals surface area contributed by atoms with Gasteiger partial charge in [0, 0.05) is 26.1 Å². The van der Waals surface area contributed by atoms with Crippen LogP contribution in [0.2, 0.25) is 0 Å². The summed E-state index contributed by atoms with van der Waals surface area (Å²) in [7, 11) is -3.52. The Kier molecular flexibility index (Phi) is 10.5. The van der Waals surface area contributed by atoms with Crippen molar-refractivity contribution >= 4 is 27.5 Å². The molecule has 0 spiro atoms. The highest BCUT2D eigenvalue weighted by Crippen LogP contribution is 2.22. The number of anilines is 1. The molecule has 0 aromatic heterocycles. The molecule has 2 rings (SSSR count). The molecule has 7 nitrogen and oxygen atoms in total. The Bertz CT molecular complexity index is 1160. The molecule has 8 heteroatoms. The summed E-state index contributed by atoms with van der Waals surface area (Å²) in [5.41, 5.74) is 4.69. The zero-order valence-electron chi connectivity index (χ0n) is 22.7. The monoisotopic (exact) mass is 515 g/mol. The van der Waals surface area contributed by atoms with E-state index in [2.05, 4.69) is 5.32 Å². The molecule has 0 saturated heterocycles. The van der Waals surface area contributed by atoms with Gasteiger partial charge in [0.25, 0.3) is 0 Å². The van der Waals surface area contributed by atoms with Crippen LogP contribution in [0.15, 0.2) is 42.5 Å². The maximum Gasteiger partial charge on any atom is 0.242 e. The van der Waals surface area contributed by atoms with Gasteiger partial charge >= 0.3 is 0 Å². The SMILES string of the molecule is Cc1ccc(N(CCCC(=O)N(Cc2ccccc2C)[C@H](C)C(=O)NCC(C)C)S(C)(=O)=O)cc1C. The van der Waals surface area contributed by atoms with Crippen LogP contribution in [0.25, 0.3) is 0 Å². The Balaban J connectivity index is 2.19. The Hall–Kier alpha value is -2.87. The number of carbonyl (C=O) groups excluding carboxylic acids is 2. The lowest BCUT2D eigenvalue weighted by atomic mass is 10.1. The van der Waals surface area contributed by atoms with Crippen molar-refractivity contribution in [3.63, 3.8) is 0 Å². The van der Waals surface area contributed by atoms with Gasteiger partial charge in [0.05, 0.1) is 11.9 Å².